The largest absolute Gasteiger partial charge is 0.326 e. The highest BCUT2D eigenvalue weighted by Gasteiger charge is 2.40. The molecule has 1 aromatic rings. The van der Waals surface area contributed by atoms with E-state index in [9.17, 15) is 8.42 Å². The van der Waals surface area contributed by atoms with Crippen LogP contribution in [0, 0.1) is 12.8 Å². The van der Waals surface area contributed by atoms with Crippen molar-refractivity contribution >= 4 is 21.4 Å². The van der Waals surface area contributed by atoms with Crippen molar-refractivity contribution in [2.75, 3.05) is 6.54 Å². The lowest BCUT2D eigenvalue weighted by atomic mass is 9.79. The van der Waals surface area contributed by atoms with Gasteiger partial charge in [0.2, 0.25) is 10.0 Å². The summed E-state index contributed by atoms with van der Waals surface area (Å²) in [5.74, 6) is 0.565. The van der Waals surface area contributed by atoms with Crippen molar-refractivity contribution in [3.05, 3.63) is 15.8 Å². The van der Waals surface area contributed by atoms with Crippen LogP contribution in [-0.2, 0) is 16.6 Å². The number of aryl methyl sites for hydroxylation is 1. The molecule has 2 atom stereocenters. The van der Waals surface area contributed by atoms with Crippen molar-refractivity contribution in [2.24, 2.45) is 11.7 Å². The molecular formula is C15H24N2O2S2. The zero-order valence-corrected chi connectivity index (χ0v) is 14.2. The number of sulfonamides is 1. The van der Waals surface area contributed by atoms with E-state index in [1.165, 1.54) is 30.6 Å². The number of nitrogens with two attached hydrogens (primary N) is 1. The second-order valence-corrected chi connectivity index (χ2v) is 9.41. The molecule has 1 aromatic heterocycles. The molecule has 0 radical (unpaired) electrons. The van der Waals surface area contributed by atoms with Crippen LogP contribution in [0.1, 0.15) is 48.3 Å². The van der Waals surface area contributed by atoms with Crippen LogP contribution in [0.4, 0.5) is 0 Å². The SMILES string of the molecule is Cc1sc(CN)cc1S(=O)(=O)N1CCCC2CCCCC21. The maximum absolute atomic E-state index is 13.1. The monoisotopic (exact) mass is 328 g/mol. The zero-order chi connectivity index (χ0) is 15.0. The molecule has 1 aliphatic carbocycles. The third kappa shape index (κ3) is 2.79. The van der Waals surface area contributed by atoms with Gasteiger partial charge in [-0.05, 0) is 44.6 Å². The lowest BCUT2D eigenvalue weighted by Crippen LogP contribution is -2.49. The molecule has 1 saturated heterocycles. The first-order chi connectivity index (χ1) is 10.0. The highest BCUT2D eigenvalue weighted by molar-refractivity contribution is 7.89. The van der Waals surface area contributed by atoms with Crippen LogP contribution in [0.15, 0.2) is 11.0 Å². The van der Waals surface area contributed by atoms with Crippen molar-refractivity contribution in [1.29, 1.82) is 0 Å². The molecule has 0 amide bonds. The normalized spacial score (nSPS) is 27.5. The fourth-order valence-electron chi connectivity index (χ4n) is 3.88. The zero-order valence-electron chi connectivity index (χ0n) is 12.5. The van der Waals surface area contributed by atoms with Gasteiger partial charge in [0.25, 0.3) is 0 Å². The predicted molar refractivity (Wildman–Crippen MR) is 85.8 cm³/mol. The Morgan fingerprint density at radius 1 is 1.29 bits per heavy atom. The third-order valence-corrected chi connectivity index (χ3v) is 8.16. The van der Waals surface area contributed by atoms with E-state index in [1.54, 1.807) is 10.4 Å². The summed E-state index contributed by atoms with van der Waals surface area (Å²) in [5.41, 5.74) is 5.66. The van der Waals surface area contributed by atoms with Gasteiger partial charge in [-0.1, -0.05) is 12.8 Å². The van der Waals surface area contributed by atoms with Crippen molar-refractivity contribution in [2.45, 2.75) is 62.9 Å². The number of hydrogen-bond acceptors (Lipinski definition) is 4. The maximum atomic E-state index is 13.1. The van der Waals surface area contributed by atoms with Crippen LogP contribution < -0.4 is 5.73 Å². The van der Waals surface area contributed by atoms with Gasteiger partial charge in [-0.15, -0.1) is 11.3 Å². The van der Waals surface area contributed by atoms with Crippen LogP contribution in [0.2, 0.25) is 0 Å². The minimum Gasteiger partial charge on any atom is -0.326 e. The van der Waals surface area contributed by atoms with Gasteiger partial charge in [0.05, 0.1) is 4.90 Å². The van der Waals surface area contributed by atoms with Crippen molar-refractivity contribution < 1.29 is 8.42 Å². The predicted octanol–water partition coefficient (Wildman–Crippen LogP) is 2.86. The smallest absolute Gasteiger partial charge is 0.244 e. The first kappa shape index (κ1) is 15.5. The molecular weight excluding hydrogens is 304 g/mol. The fourth-order valence-corrected chi connectivity index (χ4v) is 7.12. The molecule has 1 saturated carbocycles. The Hall–Kier alpha value is -0.430. The van der Waals surface area contributed by atoms with Crippen LogP contribution in [0.3, 0.4) is 0 Å². The molecule has 4 nitrogen and oxygen atoms in total. The van der Waals surface area contributed by atoms with E-state index < -0.39 is 10.0 Å². The van der Waals surface area contributed by atoms with Gasteiger partial charge >= 0.3 is 0 Å². The molecule has 2 aliphatic rings. The molecule has 1 aliphatic heterocycles. The van der Waals surface area contributed by atoms with Gasteiger partial charge in [-0.2, -0.15) is 4.31 Å². The Bertz CT molecular complexity index is 607. The fraction of sp³-hybridized carbons (Fsp3) is 0.733. The van der Waals surface area contributed by atoms with E-state index >= 15 is 0 Å². The summed E-state index contributed by atoms with van der Waals surface area (Å²) in [7, 11) is -3.36. The summed E-state index contributed by atoms with van der Waals surface area (Å²) < 4.78 is 28.0. The van der Waals surface area contributed by atoms with E-state index in [-0.39, 0.29) is 6.04 Å². The Balaban J connectivity index is 1.94. The standard InChI is InChI=1S/C15H24N2O2S2/c1-11-15(9-13(10-16)20-11)21(18,19)17-8-4-6-12-5-2-3-7-14(12)17/h9,12,14H,2-8,10,16H2,1H3. The summed E-state index contributed by atoms with van der Waals surface area (Å²) >= 11 is 1.50. The van der Waals surface area contributed by atoms with Crippen molar-refractivity contribution in [3.63, 3.8) is 0 Å². The quantitative estimate of drug-likeness (QED) is 0.928. The minimum atomic E-state index is -3.36. The number of rotatable bonds is 3. The van der Waals surface area contributed by atoms with Gasteiger partial charge in [0.15, 0.2) is 0 Å². The van der Waals surface area contributed by atoms with E-state index in [2.05, 4.69) is 0 Å². The minimum absolute atomic E-state index is 0.220. The highest BCUT2D eigenvalue weighted by atomic mass is 32.2. The Morgan fingerprint density at radius 2 is 2.00 bits per heavy atom. The van der Waals surface area contributed by atoms with Gasteiger partial charge in [-0.25, -0.2) is 8.42 Å². The van der Waals surface area contributed by atoms with Gasteiger partial charge in [0, 0.05) is 28.9 Å². The summed E-state index contributed by atoms with van der Waals surface area (Å²) in [6.07, 6.45) is 6.80. The average molecular weight is 329 g/mol. The molecule has 0 spiro atoms. The highest BCUT2D eigenvalue weighted by Crippen LogP contribution is 2.39. The van der Waals surface area contributed by atoms with E-state index in [0.29, 0.717) is 23.9 Å². The second-order valence-electron chi connectivity index (χ2n) is 6.21. The maximum Gasteiger partial charge on any atom is 0.244 e. The number of fused-ring (bicyclic) bond motifs is 1. The van der Waals surface area contributed by atoms with Crippen LogP contribution in [0.5, 0.6) is 0 Å². The van der Waals surface area contributed by atoms with E-state index in [4.69, 9.17) is 5.73 Å². The first-order valence-corrected chi connectivity index (χ1v) is 10.1. The summed E-state index contributed by atoms with van der Waals surface area (Å²) in [4.78, 5) is 2.30. The molecule has 0 bridgehead atoms. The lowest BCUT2D eigenvalue weighted by molar-refractivity contribution is 0.129. The average Bonchev–Trinajstić information content (AvgIpc) is 2.88. The molecule has 6 heteroatoms. The lowest BCUT2D eigenvalue weighted by Gasteiger charge is -2.43. The van der Waals surface area contributed by atoms with E-state index in [1.807, 2.05) is 6.92 Å². The molecule has 2 unspecified atom stereocenters. The van der Waals surface area contributed by atoms with E-state index in [0.717, 1.165) is 29.0 Å². The number of piperidine rings is 1. The Morgan fingerprint density at radius 3 is 2.71 bits per heavy atom. The van der Waals surface area contributed by atoms with Gasteiger partial charge < -0.3 is 5.73 Å². The molecule has 2 N–H and O–H groups in total. The molecule has 21 heavy (non-hydrogen) atoms. The molecule has 2 fully saturated rings. The van der Waals surface area contributed by atoms with Crippen LogP contribution >= 0.6 is 11.3 Å². The third-order valence-electron chi connectivity index (χ3n) is 4.90. The summed E-state index contributed by atoms with van der Waals surface area (Å²) in [6.45, 7) is 2.98. The molecule has 3 rings (SSSR count). The number of nitrogens with zero attached hydrogens (tertiary/aromatic N) is 1. The molecule has 118 valence electrons. The second kappa shape index (κ2) is 5.99. The Labute approximate surface area is 131 Å². The van der Waals surface area contributed by atoms with Crippen molar-refractivity contribution in [3.8, 4) is 0 Å². The van der Waals surface area contributed by atoms with Gasteiger partial charge in [0.1, 0.15) is 0 Å². The van der Waals surface area contributed by atoms with Crippen LogP contribution in [0.25, 0.3) is 0 Å². The number of thiophene rings is 1. The first-order valence-electron chi connectivity index (χ1n) is 7.85. The molecule has 2 heterocycles. The number of hydrogen-bond donors (Lipinski definition) is 1. The summed E-state index contributed by atoms with van der Waals surface area (Å²) in [5, 5.41) is 0. The topological polar surface area (TPSA) is 63.4 Å². The van der Waals surface area contributed by atoms with Gasteiger partial charge in [-0.3, -0.25) is 0 Å². The van der Waals surface area contributed by atoms with Crippen LogP contribution in [-0.4, -0.2) is 25.3 Å². The summed E-state index contributed by atoms with van der Waals surface area (Å²) in [6, 6.07) is 2.00. The molecule has 0 aromatic carbocycles. The Kier molecular flexibility index (Phi) is 4.41. The van der Waals surface area contributed by atoms with Crippen molar-refractivity contribution in [1.82, 2.24) is 4.31 Å².